The van der Waals surface area contributed by atoms with E-state index in [1.165, 1.54) is 6.07 Å². The molecule has 140 valence electrons. The van der Waals surface area contributed by atoms with Crippen molar-refractivity contribution in [2.45, 2.75) is 18.4 Å². The smallest absolute Gasteiger partial charge is 0.240 e. The summed E-state index contributed by atoms with van der Waals surface area (Å²) in [5, 5.41) is 0. The summed E-state index contributed by atoms with van der Waals surface area (Å²) in [6.45, 7) is 4.64. The molecule has 0 bridgehead atoms. The van der Waals surface area contributed by atoms with Crippen molar-refractivity contribution in [3.8, 4) is 5.75 Å². The van der Waals surface area contributed by atoms with Gasteiger partial charge >= 0.3 is 0 Å². The third-order valence-electron chi connectivity index (χ3n) is 4.12. The summed E-state index contributed by atoms with van der Waals surface area (Å²) in [4.78, 5) is 10.9. The van der Waals surface area contributed by atoms with E-state index in [0.717, 1.165) is 24.5 Å². The number of anilines is 1. The first-order valence-corrected chi connectivity index (χ1v) is 9.77. The van der Waals surface area contributed by atoms with Crippen LogP contribution in [0.25, 0.3) is 0 Å². The van der Waals surface area contributed by atoms with Crippen molar-refractivity contribution in [2.24, 2.45) is 0 Å². The summed E-state index contributed by atoms with van der Waals surface area (Å²) in [5.41, 5.74) is 0.751. The normalized spacial score (nSPS) is 15.1. The van der Waals surface area contributed by atoms with Crippen LogP contribution >= 0.6 is 0 Å². The molecule has 0 radical (unpaired) electrons. The first-order chi connectivity index (χ1) is 12.5. The van der Waals surface area contributed by atoms with Gasteiger partial charge in [-0.05, 0) is 36.8 Å². The summed E-state index contributed by atoms with van der Waals surface area (Å²) in [5.74, 6) is 1.84. The third-order valence-corrected chi connectivity index (χ3v) is 5.52. The molecule has 0 unspecified atom stereocenters. The fourth-order valence-corrected chi connectivity index (χ4v) is 3.77. The maximum Gasteiger partial charge on any atom is 0.240 e. The molecule has 1 aliphatic rings. The van der Waals surface area contributed by atoms with E-state index in [0.29, 0.717) is 24.8 Å². The van der Waals surface area contributed by atoms with E-state index in [1.807, 2.05) is 6.07 Å². The van der Waals surface area contributed by atoms with Gasteiger partial charge in [0.15, 0.2) is 0 Å². The van der Waals surface area contributed by atoms with Gasteiger partial charge in [0.2, 0.25) is 10.0 Å². The molecule has 8 nitrogen and oxygen atoms in total. The van der Waals surface area contributed by atoms with Crippen LogP contribution in [0.1, 0.15) is 11.4 Å². The maximum atomic E-state index is 12.5. The fraction of sp³-hybridized carbons (Fsp3) is 0.412. The standard InChI is InChI=1S/C17H22N4O4S/c1-13-11-14(3-4-15(13)24-2)26(22,23)19-12-16-18-6-5-17(20-16)21-7-9-25-10-8-21/h3-6,11,19H,7-10,12H2,1-2H3. The molecule has 1 aliphatic heterocycles. The monoisotopic (exact) mass is 378 g/mol. The summed E-state index contributed by atoms with van der Waals surface area (Å²) in [6, 6.07) is 6.54. The highest BCUT2D eigenvalue weighted by molar-refractivity contribution is 7.89. The molecule has 9 heteroatoms. The number of nitrogens with zero attached hydrogens (tertiary/aromatic N) is 3. The maximum absolute atomic E-state index is 12.5. The molecule has 1 fully saturated rings. The van der Waals surface area contributed by atoms with E-state index in [9.17, 15) is 8.42 Å². The van der Waals surface area contributed by atoms with Crippen LogP contribution in [0.3, 0.4) is 0 Å². The van der Waals surface area contributed by atoms with Crippen LogP contribution in [0.5, 0.6) is 5.75 Å². The van der Waals surface area contributed by atoms with Crippen molar-refractivity contribution in [3.63, 3.8) is 0 Å². The number of nitrogens with one attached hydrogen (secondary N) is 1. The Kier molecular flexibility index (Phi) is 5.70. The molecule has 2 aromatic rings. The van der Waals surface area contributed by atoms with Gasteiger partial charge in [0.1, 0.15) is 17.4 Å². The van der Waals surface area contributed by atoms with Gasteiger partial charge in [0.25, 0.3) is 0 Å². The number of hydrogen-bond acceptors (Lipinski definition) is 7. The quantitative estimate of drug-likeness (QED) is 0.805. The number of rotatable bonds is 6. The Labute approximate surface area is 153 Å². The van der Waals surface area contributed by atoms with E-state index in [-0.39, 0.29) is 11.4 Å². The van der Waals surface area contributed by atoms with E-state index >= 15 is 0 Å². The van der Waals surface area contributed by atoms with Crippen molar-refractivity contribution in [1.29, 1.82) is 0 Å². The van der Waals surface area contributed by atoms with E-state index in [1.54, 1.807) is 32.4 Å². The number of aromatic nitrogens is 2. The molecule has 2 heterocycles. The van der Waals surface area contributed by atoms with Crippen LogP contribution in [-0.4, -0.2) is 51.8 Å². The lowest BCUT2D eigenvalue weighted by Gasteiger charge is -2.27. The molecule has 1 aromatic carbocycles. The highest BCUT2D eigenvalue weighted by atomic mass is 32.2. The minimum atomic E-state index is -3.66. The minimum Gasteiger partial charge on any atom is -0.496 e. The number of sulfonamides is 1. The Bertz CT molecular complexity index is 867. The van der Waals surface area contributed by atoms with E-state index in [2.05, 4.69) is 19.6 Å². The molecule has 0 amide bonds. The largest absolute Gasteiger partial charge is 0.496 e. The molecule has 1 N–H and O–H groups in total. The van der Waals surface area contributed by atoms with Crippen molar-refractivity contribution < 1.29 is 17.9 Å². The van der Waals surface area contributed by atoms with E-state index < -0.39 is 10.0 Å². The van der Waals surface area contributed by atoms with Crippen LogP contribution in [0.15, 0.2) is 35.4 Å². The lowest BCUT2D eigenvalue weighted by molar-refractivity contribution is 0.122. The second kappa shape index (κ2) is 7.98. The Morgan fingerprint density at radius 3 is 2.73 bits per heavy atom. The van der Waals surface area contributed by atoms with Crippen LogP contribution in [0.2, 0.25) is 0 Å². The number of ether oxygens (including phenoxy) is 2. The van der Waals surface area contributed by atoms with Gasteiger partial charge in [0, 0.05) is 19.3 Å². The Hall–Kier alpha value is -2.23. The average Bonchev–Trinajstić information content (AvgIpc) is 2.67. The Morgan fingerprint density at radius 2 is 2.04 bits per heavy atom. The summed E-state index contributed by atoms with van der Waals surface area (Å²) in [7, 11) is -2.11. The highest BCUT2D eigenvalue weighted by Crippen LogP contribution is 2.21. The van der Waals surface area contributed by atoms with Crippen molar-refractivity contribution >= 4 is 15.8 Å². The zero-order chi connectivity index (χ0) is 18.6. The average molecular weight is 378 g/mol. The fourth-order valence-electron chi connectivity index (χ4n) is 2.70. The number of benzene rings is 1. The van der Waals surface area contributed by atoms with Gasteiger partial charge < -0.3 is 14.4 Å². The van der Waals surface area contributed by atoms with Gasteiger partial charge in [-0.25, -0.2) is 23.1 Å². The second-order valence-electron chi connectivity index (χ2n) is 5.89. The van der Waals surface area contributed by atoms with Crippen molar-refractivity contribution in [3.05, 3.63) is 41.9 Å². The van der Waals surface area contributed by atoms with Gasteiger partial charge in [-0.1, -0.05) is 0 Å². The van der Waals surface area contributed by atoms with Crippen LogP contribution in [0.4, 0.5) is 5.82 Å². The zero-order valence-electron chi connectivity index (χ0n) is 14.8. The SMILES string of the molecule is COc1ccc(S(=O)(=O)NCc2nccc(N3CCOCC3)n2)cc1C. The van der Waals surface area contributed by atoms with Crippen LogP contribution in [-0.2, 0) is 21.3 Å². The lowest BCUT2D eigenvalue weighted by atomic mass is 10.2. The number of hydrogen-bond donors (Lipinski definition) is 1. The van der Waals surface area contributed by atoms with Crippen LogP contribution < -0.4 is 14.4 Å². The van der Waals surface area contributed by atoms with Crippen molar-refractivity contribution in [1.82, 2.24) is 14.7 Å². The molecule has 0 spiro atoms. The zero-order valence-corrected chi connectivity index (χ0v) is 15.6. The molecule has 0 atom stereocenters. The predicted octanol–water partition coefficient (Wildman–Crippen LogP) is 1.11. The lowest BCUT2D eigenvalue weighted by Crippen LogP contribution is -2.37. The first kappa shape index (κ1) is 18.6. The Morgan fingerprint density at radius 1 is 1.27 bits per heavy atom. The number of aryl methyl sites for hydroxylation is 1. The molecule has 0 saturated carbocycles. The summed E-state index contributed by atoms with van der Waals surface area (Å²) >= 11 is 0. The second-order valence-corrected chi connectivity index (χ2v) is 7.65. The first-order valence-electron chi connectivity index (χ1n) is 8.28. The Balaban J connectivity index is 1.70. The molecular formula is C17H22N4O4S. The molecule has 1 aromatic heterocycles. The minimum absolute atomic E-state index is 0.0194. The summed E-state index contributed by atoms with van der Waals surface area (Å²) in [6.07, 6.45) is 1.64. The number of methoxy groups -OCH3 is 1. The van der Waals surface area contributed by atoms with Gasteiger partial charge in [-0.3, -0.25) is 0 Å². The molecule has 26 heavy (non-hydrogen) atoms. The van der Waals surface area contributed by atoms with Gasteiger partial charge in [0.05, 0.1) is 31.8 Å². The molecular weight excluding hydrogens is 356 g/mol. The molecule has 1 saturated heterocycles. The van der Waals surface area contributed by atoms with Gasteiger partial charge in [-0.15, -0.1) is 0 Å². The molecule has 0 aliphatic carbocycles. The van der Waals surface area contributed by atoms with E-state index in [4.69, 9.17) is 9.47 Å². The molecule has 3 rings (SSSR count). The number of morpholine rings is 1. The predicted molar refractivity (Wildman–Crippen MR) is 96.8 cm³/mol. The highest BCUT2D eigenvalue weighted by Gasteiger charge is 2.17. The van der Waals surface area contributed by atoms with Crippen LogP contribution in [0, 0.1) is 6.92 Å². The summed E-state index contributed by atoms with van der Waals surface area (Å²) < 4.78 is 38.1. The topological polar surface area (TPSA) is 93.7 Å². The van der Waals surface area contributed by atoms with Gasteiger partial charge in [-0.2, -0.15) is 0 Å². The van der Waals surface area contributed by atoms with Crippen molar-refractivity contribution in [2.75, 3.05) is 38.3 Å². The third kappa shape index (κ3) is 4.29.